The molecule has 4 aliphatic rings. The number of benzene rings is 3. The van der Waals surface area contributed by atoms with E-state index in [0.717, 1.165) is 11.1 Å². The van der Waals surface area contributed by atoms with Crippen molar-refractivity contribution in [3.05, 3.63) is 107 Å². The molecule has 2 amide bonds. The fourth-order valence-corrected chi connectivity index (χ4v) is 7.68. The molecule has 46 heavy (non-hydrogen) atoms. The number of phenolic OH excluding ortho intramolecular Hbond substituents is 1. The lowest BCUT2D eigenvalue weighted by Gasteiger charge is -2.42. The Bertz CT molecular complexity index is 2080. The first-order valence-corrected chi connectivity index (χ1v) is 15.2. The summed E-state index contributed by atoms with van der Waals surface area (Å²) in [5.74, 6) is -2.78. The van der Waals surface area contributed by atoms with Crippen molar-refractivity contribution in [2.45, 2.75) is 25.7 Å². The molecule has 4 aromatic rings. The van der Waals surface area contributed by atoms with Crippen LogP contribution in [0.4, 0.5) is 5.69 Å². The Balaban J connectivity index is 1.17. The molecule has 3 aromatic carbocycles. The predicted octanol–water partition coefficient (Wildman–Crippen LogP) is 5.84. The second-order valence-electron chi connectivity index (χ2n) is 12.2. The molecule has 0 bridgehead atoms. The van der Waals surface area contributed by atoms with Crippen LogP contribution in [0, 0.1) is 17.8 Å². The number of oxazole rings is 1. The molecule has 1 fully saturated rings. The third-order valence-corrected chi connectivity index (χ3v) is 9.76. The molecule has 0 saturated carbocycles. The summed E-state index contributed by atoms with van der Waals surface area (Å²) in [7, 11) is 1.48. The Labute approximate surface area is 263 Å². The van der Waals surface area contributed by atoms with Gasteiger partial charge >= 0.3 is 0 Å². The van der Waals surface area contributed by atoms with Crippen LogP contribution in [0.3, 0.4) is 0 Å². The number of hydrogen-bond acceptors (Lipinski definition) is 8. The van der Waals surface area contributed by atoms with Gasteiger partial charge in [-0.25, -0.2) is 4.98 Å². The minimum atomic E-state index is -0.710. The third-order valence-electron chi connectivity index (χ3n) is 9.76. The topological polar surface area (TPSA) is 127 Å². The molecule has 4 atom stereocenters. The molecule has 8 rings (SSSR count). The number of imide groups is 1. The van der Waals surface area contributed by atoms with Gasteiger partial charge in [-0.2, -0.15) is 0 Å². The highest BCUT2D eigenvalue weighted by Crippen LogP contribution is 2.56. The molecule has 9 heteroatoms. The number of anilines is 1. The van der Waals surface area contributed by atoms with Gasteiger partial charge in [-0.05, 0) is 74.2 Å². The number of carbonyl (C=O) groups is 4. The van der Waals surface area contributed by atoms with E-state index < -0.39 is 23.7 Å². The van der Waals surface area contributed by atoms with E-state index in [-0.39, 0.29) is 35.6 Å². The molecule has 1 saturated heterocycles. The van der Waals surface area contributed by atoms with Gasteiger partial charge in [0.1, 0.15) is 17.0 Å². The Kier molecular flexibility index (Phi) is 6.22. The number of amides is 2. The number of aromatic nitrogens is 1. The SMILES string of the molecule is COc1cc(O)ccc1[C@H]1C2=CC[C@@H]3C(=O)N(c4ccc(-c5nc6ccccc6o5)cc4)C(=O)[C@@H]3[C@@H]2CC2=C1C(=O)C=C(C)C2=O. The molecule has 0 spiro atoms. The van der Waals surface area contributed by atoms with Crippen molar-refractivity contribution in [3.8, 4) is 23.0 Å². The number of rotatable bonds is 4. The van der Waals surface area contributed by atoms with Crippen molar-refractivity contribution in [2.24, 2.45) is 17.8 Å². The first-order valence-electron chi connectivity index (χ1n) is 15.2. The molecule has 1 N–H and O–H groups in total. The molecule has 1 aliphatic heterocycles. The van der Waals surface area contributed by atoms with Crippen molar-refractivity contribution in [3.63, 3.8) is 0 Å². The predicted molar refractivity (Wildman–Crippen MR) is 168 cm³/mol. The van der Waals surface area contributed by atoms with Crippen molar-refractivity contribution in [1.82, 2.24) is 4.98 Å². The molecular formula is C37H28N2O7. The lowest BCUT2D eigenvalue weighted by atomic mass is 9.59. The van der Waals surface area contributed by atoms with Crippen LogP contribution in [0.2, 0.25) is 0 Å². The van der Waals surface area contributed by atoms with Crippen LogP contribution in [0.25, 0.3) is 22.6 Å². The molecular weight excluding hydrogens is 584 g/mol. The fourth-order valence-electron chi connectivity index (χ4n) is 7.68. The zero-order chi connectivity index (χ0) is 31.9. The summed E-state index contributed by atoms with van der Waals surface area (Å²) in [4.78, 5) is 61.0. The van der Waals surface area contributed by atoms with E-state index in [0.29, 0.717) is 57.2 Å². The monoisotopic (exact) mass is 612 g/mol. The Morgan fingerprint density at radius 2 is 1.74 bits per heavy atom. The van der Waals surface area contributed by atoms with Crippen LogP contribution in [-0.2, 0) is 19.2 Å². The van der Waals surface area contributed by atoms with Gasteiger partial charge in [0.15, 0.2) is 17.1 Å². The maximum absolute atomic E-state index is 14.3. The maximum atomic E-state index is 14.3. The molecule has 0 radical (unpaired) electrons. The highest BCUT2D eigenvalue weighted by atomic mass is 16.5. The smallest absolute Gasteiger partial charge is 0.238 e. The second kappa shape index (κ2) is 10.2. The first-order chi connectivity index (χ1) is 22.2. The van der Waals surface area contributed by atoms with Gasteiger partial charge in [-0.1, -0.05) is 29.8 Å². The number of allylic oxidation sites excluding steroid dienone is 6. The zero-order valence-electron chi connectivity index (χ0n) is 25.0. The summed E-state index contributed by atoms with van der Waals surface area (Å²) in [5, 5.41) is 10.2. The van der Waals surface area contributed by atoms with Gasteiger partial charge in [0.2, 0.25) is 17.7 Å². The van der Waals surface area contributed by atoms with Gasteiger partial charge in [-0.3, -0.25) is 24.1 Å². The van der Waals surface area contributed by atoms with Crippen LogP contribution in [0.15, 0.2) is 106 Å². The summed E-state index contributed by atoms with van der Waals surface area (Å²) in [5.41, 5.74) is 5.05. The van der Waals surface area contributed by atoms with Crippen LogP contribution in [0.5, 0.6) is 11.5 Å². The highest BCUT2D eigenvalue weighted by molar-refractivity contribution is 6.25. The average molecular weight is 613 g/mol. The van der Waals surface area contributed by atoms with Gasteiger partial charge in [0.25, 0.3) is 0 Å². The van der Waals surface area contributed by atoms with Crippen molar-refractivity contribution in [1.29, 1.82) is 0 Å². The van der Waals surface area contributed by atoms with Gasteiger partial charge in [0.05, 0.1) is 24.6 Å². The first kappa shape index (κ1) is 27.9. The number of methoxy groups -OCH3 is 1. The Hall–Kier alpha value is -5.57. The summed E-state index contributed by atoms with van der Waals surface area (Å²) in [6, 6.07) is 19.1. The summed E-state index contributed by atoms with van der Waals surface area (Å²) in [6.45, 7) is 1.62. The summed E-state index contributed by atoms with van der Waals surface area (Å²) >= 11 is 0. The number of fused-ring (bicyclic) bond motifs is 4. The molecule has 2 heterocycles. The van der Waals surface area contributed by atoms with E-state index in [1.165, 1.54) is 30.2 Å². The minimum absolute atomic E-state index is 0.00373. The number of para-hydroxylation sites is 2. The normalized spacial score (nSPS) is 24.1. The lowest BCUT2D eigenvalue weighted by Crippen LogP contribution is -2.39. The van der Waals surface area contributed by atoms with Crippen molar-refractivity contribution >= 4 is 40.2 Å². The van der Waals surface area contributed by atoms with Crippen LogP contribution >= 0.6 is 0 Å². The van der Waals surface area contributed by atoms with Crippen molar-refractivity contribution in [2.75, 3.05) is 12.0 Å². The van der Waals surface area contributed by atoms with E-state index in [1.54, 1.807) is 37.3 Å². The molecule has 228 valence electrons. The summed E-state index contributed by atoms with van der Waals surface area (Å²) < 4.78 is 11.5. The van der Waals surface area contributed by atoms with E-state index >= 15 is 0 Å². The average Bonchev–Trinajstić information content (AvgIpc) is 3.61. The number of carbonyl (C=O) groups excluding carboxylic acids is 4. The van der Waals surface area contributed by atoms with Gasteiger partial charge in [-0.15, -0.1) is 0 Å². The number of hydrogen-bond donors (Lipinski definition) is 1. The second-order valence-corrected chi connectivity index (χ2v) is 12.2. The van der Waals surface area contributed by atoms with Crippen molar-refractivity contribution < 1.29 is 33.4 Å². The van der Waals surface area contributed by atoms with Crippen LogP contribution in [0.1, 0.15) is 31.2 Å². The number of nitrogens with zero attached hydrogens (tertiary/aromatic N) is 2. The van der Waals surface area contributed by atoms with E-state index in [2.05, 4.69) is 4.98 Å². The largest absolute Gasteiger partial charge is 0.508 e. The van der Waals surface area contributed by atoms with Gasteiger partial charge in [0, 0.05) is 39.8 Å². The quantitative estimate of drug-likeness (QED) is 0.173. The summed E-state index contributed by atoms with van der Waals surface area (Å²) in [6.07, 6.45) is 3.82. The van der Waals surface area contributed by atoms with Crippen LogP contribution in [-0.4, -0.2) is 40.6 Å². The van der Waals surface area contributed by atoms with Gasteiger partial charge < -0.3 is 14.3 Å². The van der Waals surface area contributed by atoms with E-state index in [9.17, 15) is 24.3 Å². The number of aromatic hydroxyl groups is 1. The van der Waals surface area contributed by atoms with Crippen LogP contribution < -0.4 is 9.64 Å². The zero-order valence-corrected chi connectivity index (χ0v) is 25.0. The highest BCUT2D eigenvalue weighted by Gasteiger charge is 2.56. The molecule has 1 aromatic heterocycles. The number of ketones is 2. The fraction of sp³-hybridized carbons (Fsp3) is 0.216. The lowest BCUT2D eigenvalue weighted by molar-refractivity contribution is -0.123. The Morgan fingerprint density at radius 1 is 0.957 bits per heavy atom. The Morgan fingerprint density at radius 3 is 2.50 bits per heavy atom. The molecule has 9 nitrogen and oxygen atoms in total. The van der Waals surface area contributed by atoms with E-state index in [1.807, 2.05) is 30.3 Å². The number of Topliss-reactive ketones (excluding diaryl/α,β-unsaturated/α-hetero) is 1. The standard InChI is InChI=1S/C37H28N2O7/c1-18-15-28(41)33-26(34(18)42)17-25-22(31(33)23-12-11-21(40)16-30(23)45-2)13-14-24-32(25)37(44)39(36(24)43)20-9-7-19(8-10-20)35-38-27-5-3-4-6-29(27)46-35/h3-13,15-16,24-25,31-32,40H,14,17H2,1-2H3/t24-,25+,31+,32-/m0/s1. The maximum Gasteiger partial charge on any atom is 0.238 e. The minimum Gasteiger partial charge on any atom is -0.508 e. The number of phenols is 1. The number of ether oxygens (including phenoxy) is 1. The van der Waals surface area contributed by atoms with E-state index in [4.69, 9.17) is 9.15 Å². The molecule has 3 aliphatic carbocycles. The third kappa shape index (κ3) is 4.04. The molecule has 0 unspecified atom stereocenters.